The van der Waals surface area contributed by atoms with Crippen LogP contribution in [-0.4, -0.2) is 16.1 Å². The molecule has 1 aromatic heterocycles. The molecule has 0 atom stereocenters. The summed E-state index contributed by atoms with van der Waals surface area (Å²) in [6, 6.07) is 6.99. The molecule has 5 nitrogen and oxygen atoms in total. The van der Waals surface area contributed by atoms with Crippen molar-refractivity contribution in [3.8, 4) is 0 Å². The van der Waals surface area contributed by atoms with Crippen LogP contribution in [0.3, 0.4) is 0 Å². The fourth-order valence-electron chi connectivity index (χ4n) is 1.58. The number of amides is 1. The van der Waals surface area contributed by atoms with Gasteiger partial charge in [0.15, 0.2) is 0 Å². The van der Waals surface area contributed by atoms with Gasteiger partial charge in [0.25, 0.3) is 5.91 Å². The first-order valence-corrected chi connectivity index (χ1v) is 7.15. The Morgan fingerprint density at radius 1 is 1.30 bits per heavy atom. The molecule has 0 aliphatic heterocycles. The first-order chi connectivity index (χ1) is 9.38. The molecule has 0 aliphatic carbocycles. The smallest absolute Gasteiger partial charge is 0.253 e. The number of benzene rings is 1. The van der Waals surface area contributed by atoms with Crippen LogP contribution in [-0.2, 0) is 12.0 Å². The summed E-state index contributed by atoms with van der Waals surface area (Å²) in [5.74, 6) is -0.199. The van der Waals surface area contributed by atoms with E-state index in [1.165, 1.54) is 11.3 Å². The molecule has 0 bridgehead atoms. The van der Waals surface area contributed by atoms with Crippen LogP contribution < -0.4 is 11.1 Å². The lowest BCUT2D eigenvalue weighted by Crippen LogP contribution is -2.23. The second-order valence-corrected chi connectivity index (χ2v) is 6.58. The molecule has 0 radical (unpaired) electrons. The van der Waals surface area contributed by atoms with Crippen LogP contribution in [0.15, 0.2) is 24.3 Å². The summed E-state index contributed by atoms with van der Waals surface area (Å²) < 4.78 is 0. The van der Waals surface area contributed by atoms with Gasteiger partial charge in [-0.15, -0.1) is 10.2 Å². The quantitative estimate of drug-likeness (QED) is 0.850. The zero-order valence-electron chi connectivity index (χ0n) is 11.8. The van der Waals surface area contributed by atoms with E-state index in [1.54, 1.807) is 24.3 Å². The maximum absolute atomic E-state index is 12.0. The number of nitrogens with zero attached hydrogens (tertiary/aromatic N) is 2. The number of hydrogen-bond donors (Lipinski definition) is 2. The van der Waals surface area contributed by atoms with E-state index in [1.807, 2.05) is 0 Å². The number of aromatic nitrogens is 2. The SMILES string of the molecule is CC(C)(C)c1nnc(CNC(=O)c2ccccc2N)s1. The van der Waals surface area contributed by atoms with Gasteiger partial charge in [-0.2, -0.15) is 0 Å². The lowest BCUT2D eigenvalue weighted by molar-refractivity contribution is 0.0951. The van der Waals surface area contributed by atoms with Crippen LogP contribution in [0.1, 0.15) is 41.1 Å². The molecule has 1 heterocycles. The van der Waals surface area contributed by atoms with Crippen LogP contribution in [0, 0.1) is 0 Å². The highest BCUT2D eigenvalue weighted by Crippen LogP contribution is 2.25. The number of anilines is 1. The van der Waals surface area contributed by atoms with Crippen LogP contribution in [0.5, 0.6) is 0 Å². The van der Waals surface area contributed by atoms with E-state index in [0.29, 0.717) is 17.8 Å². The van der Waals surface area contributed by atoms with Gasteiger partial charge in [0, 0.05) is 11.1 Å². The standard InChI is InChI=1S/C14H18N4OS/c1-14(2,3)13-18-17-11(20-13)8-16-12(19)9-6-4-5-7-10(9)15/h4-7H,8,15H2,1-3H3,(H,16,19). The lowest BCUT2D eigenvalue weighted by Gasteiger charge is -2.12. The van der Waals surface area contributed by atoms with E-state index in [0.717, 1.165) is 10.0 Å². The molecule has 0 aliphatic rings. The molecule has 0 saturated heterocycles. The molecule has 0 fully saturated rings. The Hall–Kier alpha value is -1.95. The summed E-state index contributed by atoms with van der Waals surface area (Å²) in [7, 11) is 0. The first-order valence-electron chi connectivity index (χ1n) is 6.33. The van der Waals surface area contributed by atoms with Crippen molar-refractivity contribution in [2.45, 2.75) is 32.7 Å². The number of nitrogens with one attached hydrogen (secondary N) is 1. The van der Waals surface area contributed by atoms with E-state index < -0.39 is 0 Å². The molecule has 2 aromatic rings. The minimum atomic E-state index is -0.199. The van der Waals surface area contributed by atoms with Crippen molar-refractivity contribution in [2.75, 3.05) is 5.73 Å². The van der Waals surface area contributed by atoms with Crippen molar-refractivity contribution >= 4 is 22.9 Å². The molecule has 0 spiro atoms. The Morgan fingerprint density at radius 3 is 2.60 bits per heavy atom. The molecule has 20 heavy (non-hydrogen) atoms. The second kappa shape index (κ2) is 5.58. The highest BCUT2D eigenvalue weighted by atomic mass is 32.1. The number of hydrogen-bond acceptors (Lipinski definition) is 5. The van der Waals surface area contributed by atoms with Gasteiger partial charge in [0.2, 0.25) is 0 Å². The van der Waals surface area contributed by atoms with Gasteiger partial charge in [0.05, 0.1) is 12.1 Å². The normalized spacial score (nSPS) is 11.3. The Balaban J connectivity index is 2.01. The Morgan fingerprint density at radius 2 is 2.00 bits per heavy atom. The number of rotatable bonds is 3. The second-order valence-electron chi connectivity index (χ2n) is 5.52. The molecule has 6 heteroatoms. The molecule has 106 valence electrons. The molecule has 1 amide bonds. The monoisotopic (exact) mass is 290 g/mol. The molecule has 0 saturated carbocycles. The summed E-state index contributed by atoms with van der Waals surface area (Å²) in [6.45, 7) is 6.61. The number of carbonyl (C=O) groups excluding carboxylic acids is 1. The minimum absolute atomic E-state index is 0.0240. The fourth-order valence-corrected chi connectivity index (χ4v) is 2.42. The van der Waals surface area contributed by atoms with E-state index >= 15 is 0 Å². The fraction of sp³-hybridized carbons (Fsp3) is 0.357. The topological polar surface area (TPSA) is 80.9 Å². The van der Waals surface area contributed by atoms with E-state index in [4.69, 9.17) is 5.73 Å². The first kappa shape index (κ1) is 14.5. The van der Waals surface area contributed by atoms with Crippen LogP contribution in [0.25, 0.3) is 0 Å². The maximum atomic E-state index is 12.0. The summed E-state index contributed by atoms with van der Waals surface area (Å²) in [4.78, 5) is 12.0. The summed E-state index contributed by atoms with van der Waals surface area (Å²) in [5.41, 5.74) is 6.69. The number of nitrogen functional groups attached to an aromatic ring is 1. The molecule has 2 rings (SSSR count). The van der Waals surface area contributed by atoms with E-state index in [9.17, 15) is 4.79 Å². The highest BCUT2D eigenvalue weighted by Gasteiger charge is 2.19. The minimum Gasteiger partial charge on any atom is -0.398 e. The molecule has 1 aromatic carbocycles. The largest absolute Gasteiger partial charge is 0.398 e. The van der Waals surface area contributed by atoms with Crippen molar-refractivity contribution in [3.63, 3.8) is 0 Å². The van der Waals surface area contributed by atoms with Crippen molar-refractivity contribution < 1.29 is 4.79 Å². The predicted molar refractivity (Wildman–Crippen MR) is 80.6 cm³/mol. The summed E-state index contributed by atoms with van der Waals surface area (Å²) in [6.07, 6.45) is 0. The van der Waals surface area contributed by atoms with Gasteiger partial charge in [-0.25, -0.2) is 0 Å². The van der Waals surface area contributed by atoms with E-state index in [2.05, 4.69) is 36.3 Å². The molecular formula is C14H18N4OS. The average Bonchev–Trinajstić information content (AvgIpc) is 2.85. The van der Waals surface area contributed by atoms with Crippen LogP contribution >= 0.6 is 11.3 Å². The zero-order valence-corrected chi connectivity index (χ0v) is 12.6. The number of nitrogens with two attached hydrogens (primary N) is 1. The van der Waals surface area contributed by atoms with Crippen LogP contribution in [0.4, 0.5) is 5.69 Å². The van der Waals surface area contributed by atoms with Gasteiger partial charge in [-0.3, -0.25) is 4.79 Å². The summed E-state index contributed by atoms with van der Waals surface area (Å²) >= 11 is 1.51. The third-order valence-corrected chi connectivity index (χ3v) is 4.06. The maximum Gasteiger partial charge on any atom is 0.253 e. The number of para-hydroxylation sites is 1. The molecule has 0 unspecified atom stereocenters. The van der Waals surface area contributed by atoms with Gasteiger partial charge in [0.1, 0.15) is 10.0 Å². The average molecular weight is 290 g/mol. The number of carbonyl (C=O) groups is 1. The van der Waals surface area contributed by atoms with Crippen molar-refractivity contribution in [3.05, 3.63) is 39.8 Å². The Labute approximate surface area is 122 Å². The highest BCUT2D eigenvalue weighted by molar-refractivity contribution is 7.11. The van der Waals surface area contributed by atoms with Crippen molar-refractivity contribution in [1.82, 2.24) is 15.5 Å². The molecular weight excluding hydrogens is 272 g/mol. The van der Waals surface area contributed by atoms with E-state index in [-0.39, 0.29) is 11.3 Å². The van der Waals surface area contributed by atoms with Crippen molar-refractivity contribution in [1.29, 1.82) is 0 Å². The Bertz CT molecular complexity index is 616. The Kier molecular flexibility index (Phi) is 4.04. The van der Waals surface area contributed by atoms with Crippen molar-refractivity contribution in [2.24, 2.45) is 0 Å². The van der Waals surface area contributed by atoms with Gasteiger partial charge < -0.3 is 11.1 Å². The third-order valence-electron chi connectivity index (χ3n) is 2.71. The third kappa shape index (κ3) is 3.33. The predicted octanol–water partition coefficient (Wildman–Crippen LogP) is 2.35. The zero-order chi connectivity index (χ0) is 14.8. The van der Waals surface area contributed by atoms with Gasteiger partial charge in [-0.1, -0.05) is 44.2 Å². The van der Waals surface area contributed by atoms with Gasteiger partial charge >= 0.3 is 0 Å². The van der Waals surface area contributed by atoms with Crippen LogP contribution in [0.2, 0.25) is 0 Å². The summed E-state index contributed by atoms with van der Waals surface area (Å²) in [5, 5.41) is 12.8. The molecule has 3 N–H and O–H groups in total. The van der Waals surface area contributed by atoms with Gasteiger partial charge in [-0.05, 0) is 12.1 Å². The lowest BCUT2D eigenvalue weighted by atomic mass is 9.98.